The number of rotatable bonds is 6. The Morgan fingerprint density at radius 3 is 2.04 bits per heavy atom. The quantitative estimate of drug-likeness (QED) is 0.712. The molecule has 2 atom stereocenters. The Morgan fingerprint density at radius 1 is 0.800 bits per heavy atom. The smallest absolute Gasteiger partial charge is 0.119 e. The summed E-state index contributed by atoms with van der Waals surface area (Å²) < 4.78 is 5.86. The fourth-order valence-corrected chi connectivity index (χ4v) is 3.48. The van der Waals surface area contributed by atoms with Crippen molar-refractivity contribution < 1.29 is 4.74 Å². The van der Waals surface area contributed by atoms with Gasteiger partial charge in [-0.25, -0.2) is 0 Å². The van der Waals surface area contributed by atoms with Crippen LogP contribution in [-0.2, 0) is 13.0 Å². The summed E-state index contributed by atoms with van der Waals surface area (Å²) in [6.45, 7) is 0.596. The minimum atomic E-state index is -0.103. The molecule has 2 nitrogen and oxygen atoms in total. The zero-order valence-corrected chi connectivity index (χ0v) is 14.3. The first-order valence-corrected chi connectivity index (χ1v) is 8.82. The summed E-state index contributed by atoms with van der Waals surface area (Å²) in [6, 6.07) is 29.2. The number of nitrogens with two attached hydrogens (primary N) is 1. The van der Waals surface area contributed by atoms with E-state index in [1.165, 1.54) is 16.7 Å². The highest BCUT2D eigenvalue weighted by Crippen LogP contribution is 2.51. The Bertz CT molecular complexity index is 814. The predicted molar refractivity (Wildman–Crippen MR) is 102 cm³/mol. The summed E-state index contributed by atoms with van der Waals surface area (Å²) in [4.78, 5) is 0. The summed E-state index contributed by atoms with van der Waals surface area (Å²) in [5, 5.41) is 0. The van der Waals surface area contributed by atoms with E-state index in [9.17, 15) is 0 Å². The van der Waals surface area contributed by atoms with Crippen molar-refractivity contribution in [3.8, 4) is 5.75 Å². The molecule has 1 saturated carbocycles. The molecule has 3 aromatic rings. The van der Waals surface area contributed by atoms with Gasteiger partial charge in [-0.05, 0) is 41.7 Å². The van der Waals surface area contributed by atoms with Crippen LogP contribution in [-0.4, -0.2) is 5.54 Å². The molecule has 0 heterocycles. The van der Waals surface area contributed by atoms with Gasteiger partial charge in [-0.3, -0.25) is 0 Å². The third-order valence-corrected chi connectivity index (χ3v) is 5.02. The second-order valence-electron chi connectivity index (χ2n) is 7.00. The van der Waals surface area contributed by atoms with Crippen LogP contribution in [0.3, 0.4) is 0 Å². The molecule has 126 valence electrons. The lowest BCUT2D eigenvalue weighted by Crippen LogP contribution is -2.27. The molecule has 3 aromatic carbocycles. The van der Waals surface area contributed by atoms with Gasteiger partial charge in [0, 0.05) is 11.5 Å². The summed E-state index contributed by atoms with van der Waals surface area (Å²) >= 11 is 0. The SMILES string of the molecule is NC1(Cc2ccccc2)CC1c1ccc(OCc2ccccc2)cc1. The lowest BCUT2D eigenvalue weighted by Gasteiger charge is -2.12. The molecular weight excluding hydrogens is 306 g/mol. The molecule has 2 unspecified atom stereocenters. The lowest BCUT2D eigenvalue weighted by molar-refractivity contribution is 0.306. The number of hydrogen-bond donors (Lipinski definition) is 1. The van der Waals surface area contributed by atoms with E-state index in [0.29, 0.717) is 12.5 Å². The van der Waals surface area contributed by atoms with Crippen molar-refractivity contribution in [1.82, 2.24) is 0 Å². The third-order valence-electron chi connectivity index (χ3n) is 5.02. The highest BCUT2D eigenvalue weighted by molar-refractivity contribution is 5.38. The maximum absolute atomic E-state index is 6.60. The van der Waals surface area contributed by atoms with Crippen molar-refractivity contribution >= 4 is 0 Å². The van der Waals surface area contributed by atoms with Gasteiger partial charge in [0.1, 0.15) is 12.4 Å². The fraction of sp³-hybridized carbons (Fsp3) is 0.217. The number of benzene rings is 3. The average molecular weight is 329 g/mol. The Kier molecular flexibility index (Phi) is 4.29. The molecule has 2 N–H and O–H groups in total. The van der Waals surface area contributed by atoms with Crippen molar-refractivity contribution in [2.45, 2.75) is 30.9 Å². The molecule has 1 aliphatic carbocycles. The second-order valence-corrected chi connectivity index (χ2v) is 7.00. The van der Waals surface area contributed by atoms with Crippen molar-refractivity contribution in [2.24, 2.45) is 5.73 Å². The number of hydrogen-bond acceptors (Lipinski definition) is 2. The zero-order valence-electron chi connectivity index (χ0n) is 14.3. The molecule has 1 aliphatic rings. The first-order valence-electron chi connectivity index (χ1n) is 8.82. The molecule has 1 fully saturated rings. The van der Waals surface area contributed by atoms with E-state index < -0.39 is 0 Å². The lowest BCUT2D eigenvalue weighted by atomic mass is 9.99. The van der Waals surface area contributed by atoms with E-state index in [1.807, 2.05) is 24.3 Å². The molecular formula is C23H23NO. The molecule has 4 rings (SSSR count). The summed E-state index contributed by atoms with van der Waals surface area (Å²) in [5.41, 5.74) is 10.3. The van der Waals surface area contributed by atoms with Crippen LogP contribution in [0.25, 0.3) is 0 Å². The summed E-state index contributed by atoms with van der Waals surface area (Å²) in [7, 11) is 0. The van der Waals surface area contributed by atoms with Gasteiger partial charge in [-0.15, -0.1) is 0 Å². The largest absolute Gasteiger partial charge is 0.489 e. The van der Waals surface area contributed by atoms with Gasteiger partial charge in [0.05, 0.1) is 0 Å². The van der Waals surface area contributed by atoms with E-state index in [0.717, 1.165) is 18.6 Å². The van der Waals surface area contributed by atoms with Gasteiger partial charge in [-0.2, -0.15) is 0 Å². The van der Waals surface area contributed by atoms with Gasteiger partial charge in [0.2, 0.25) is 0 Å². The van der Waals surface area contributed by atoms with E-state index >= 15 is 0 Å². The molecule has 2 heteroatoms. The normalized spacial score (nSPS) is 21.7. The zero-order chi connectivity index (χ0) is 17.1. The fourth-order valence-electron chi connectivity index (χ4n) is 3.48. The average Bonchev–Trinajstić information content (AvgIpc) is 3.33. The van der Waals surface area contributed by atoms with Gasteiger partial charge in [-0.1, -0.05) is 72.8 Å². The van der Waals surface area contributed by atoms with Crippen LogP contribution in [0.4, 0.5) is 0 Å². The minimum absolute atomic E-state index is 0.103. The highest BCUT2D eigenvalue weighted by atomic mass is 16.5. The second kappa shape index (κ2) is 6.73. The van der Waals surface area contributed by atoms with Crippen molar-refractivity contribution in [3.63, 3.8) is 0 Å². The van der Waals surface area contributed by atoms with Crippen LogP contribution >= 0.6 is 0 Å². The first kappa shape index (κ1) is 15.9. The molecule has 0 radical (unpaired) electrons. The Balaban J connectivity index is 1.36. The maximum atomic E-state index is 6.60. The van der Waals surface area contributed by atoms with E-state index in [4.69, 9.17) is 10.5 Å². The van der Waals surface area contributed by atoms with Crippen LogP contribution in [0.5, 0.6) is 5.75 Å². The van der Waals surface area contributed by atoms with Crippen LogP contribution in [0.1, 0.15) is 29.0 Å². The summed E-state index contributed by atoms with van der Waals surface area (Å²) in [5.74, 6) is 1.34. The maximum Gasteiger partial charge on any atom is 0.119 e. The highest BCUT2D eigenvalue weighted by Gasteiger charge is 2.51. The van der Waals surface area contributed by atoms with Crippen LogP contribution in [0, 0.1) is 0 Å². The van der Waals surface area contributed by atoms with Crippen LogP contribution in [0.2, 0.25) is 0 Å². The van der Waals surface area contributed by atoms with Crippen molar-refractivity contribution in [1.29, 1.82) is 0 Å². The Hall–Kier alpha value is -2.58. The van der Waals surface area contributed by atoms with E-state index in [2.05, 4.69) is 60.7 Å². The van der Waals surface area contributed by atoms with Gasteiger partial charge in [0.15, 0.2) is 0 Å². The van der Waals surface area contributed by atoms with E-state index in [-0.39, 0.29) is 5.54 Å². The standard InChI is InChI=1S/C23H23NO/c24-23(15-18-7-3-1-4-8-18)16-22(23)20-11-13-21(14-12-20)25-17-19-9-5-2-6-10-19/h1-14,22H,15-17,24H2. The van der Waals surface area contributed by atoms with Crippen LogP contribution in [0.15, 0.2) is 84.9 Å². The molecule has 0 spiro atoms. The van der Waals surface area contributed by atoms with Gasteiger partial charge < -0.3 is 10.5 Å². The van der Waals surface area contributed by atoms with Crippen LogP contribution < -0.4 is 10.5 Å². The molecule has 0 aromatic heterocycles. The van der Waals surface area contributed by atoms with Crippen molar-refractivity contribution in [3.05, 3.63) is 102 Å². The Labute approximate surface area is 149 Å². The minimum Gasteiger partial charge on any atom is -0.489 e. The monoisotopic (exact) mass is 329 g/mol. The van der Waals surface area contributed by atoms with Crippen molar-refractivity contribution in [2.75, 3.05) is 0 Å². The summed E-state index contributed by atoms with van der Waals surface area (Å²) in [6.07, 6.45) is 1.98. The van der Waals surface area contributed by atoms with Gasteiger partial charge in [0.25, 0.3) is 0 Å². The molecule has 0 amide bonds. The molecule has 0 bridgehead atoms. The molecule has 0 aliphatic heterocycles. The van der Waals surface area contributed by atoms with E-state index in [1.54, 1.807) is 0 Å². The molecule has 0 saturated heterocycles. The third kappa shape index (κ3) is 3.75. The topological polar surface area (TPSA) is 35.2 Å². The van der Waals surface area contributed by atoms with Gasteiger partial charge >= 0.3 is 0 Å². The molecule has 25 heavy (non-hydrogen) atoms. The number of ether oxygens (including phenoxy) is 1. The first-order chi connectivity index (χ1) is 12.2. The Morgan fingerprint density at radius 2 is 1.40 bits per heavy atom. The predicted octanol–water partition coefficient (Wildman–Crippen LogP) is 4.69.